The number of pyridine rings is 1. The summed E-state index contributed by atoms with van der Waals surface area (Å²) in [5, 5.41) is 2.85. The molecular formula is C12H16BrN3O. The molecule has 1 amide bonds. The molecule has 1 saturated carbocycles. The van der Waals surface area contributed by atoms with Crippen LogP contribution in [0.25, 0.3) is 0 Å². The normalized spacial score (nSPS) is 23.7. The van der Waals surface area contributed by atoms with Crippen LogP contribution in [-0.4, -0.2) is 16.9 Å². The highest BCUT2D eigenvalue weighted by atomic mass is 79.9. The second-order valence-corrected chi connectivity index (χ2v) is 5.43. The van der Waals surface area contributed by atoms with Crippen molar-refractivity contribution < 1.29 is 4.79 Å². The summed E-state index contributed by atoms with van der Waals surface area (Å²) in [6.07, 6.45) is 4.29. The Kier molecular flexibility index (Phi) is 3.79. The van der Waals surface area contributed by atoms with E-state index >= 15 is 0 Å². The molecule has 4 nitrogen and oxygen atoms in total. The Bertz CT molecular complexity index is 436. The Hall–Kier alpha value is -0.940. The summed E-state index contributed by atoms with van der Waals surface area (Å²) >= 11 is 3.38. The van der Waals surface area contributed by atoms with Crippen LogP contribution in [0, 0.1) is 12.8 Å². The smallest absolute Gasteiger partial charge is 0.228 e. The van der Waals surface area contributed by atoms with Crippen molar-refractivity contribution in [3.05, 3.63) is 22.3 Å². The van der Waals surface area contributed by atoms with Gasteiger partial charge in [0, 0.05) is 22.6 Å². The van der Waals surface area contributed by atoms with Crippen LogP contribution >= 0.6 is 15.9 Å². The summed E-state index contributed by atoms with van der Waals surface area (Å²) in [6, 6.07) is 2.03. The fourth-order valence-electron chi connectivity index (χ4n) is 2.09. The fraction of sp³-hybridized carbons (Fsp3) is 0.500. The van der Waals surface area contributed by atoms with Crippen molar-refractivity contribution in [3.8, 4) is 0 Å². The lowest BCUT2D eigenvalue weighted by Crippen LogP contribution is -2.23. The number of carbonyl (C=O) groups is 1. The number of amides is 1. The van der Waals surface area contributed by atoms with Crippen LogP contribution in [0.15, 0.2) is 16.7 Å². The fourth-order valence-corrected chi connectivity index (χ4v) is 2.31. The number of nitrogens with two attached hydrogens (primary N) is 1. The van der Waals surface area contributed by atoms with Crippen LogP contribution in [0.5, 0.6) is 0 Å². The van der Waals surface area contributed by atoms with Gasteiger partial charge in [-0.05, 0) is 53.7 Å². The maximum Gasteiger partial charge on any atom is 0.228 e. The maximum absolute atomic E-state index is 11.9. The van der Waals surface area contributed by atoms with Gasteiger partial charge in [0.1, 0.15) is 5.82 Å². The molecule has 1 aromatic heterocycles. The number of halogens is 1. The zero-order valence-electron chi connectivity index (χ0n) is 9.74. The molecule has 1 aliphatic rings. The first-order chi connectivity index (χ1) is 8.06. The van der Waals surface area contributed by atoms with E-state index in [2.05, 4.69) is 26.2 Å². The van der Waals surface area contributed by atoms with Crippen molar-refractivity contribution >= 4 is 27.7 Å². The van der Waals surface area contributed by atoms with Crippen LogP contribution in [0.2, 0.25) is 0 Å². The van der Waals surface area contributed by atoms with E-state index in [9.17, 15) is 4.79 Å². The predicted octanol–water partition coefficient (Wildman–Crippen LogP) is 2.22. The number of anilines is 1. The Labute approximate surface area is 109 Å². The minimum absolute atomic E-state index is 0.0344. The first-order valence-electron chi connectivity index (χ1n) is 5.75. The van der Waals surface area contributed by atoms with Crippen LogP contribution in [-0.2, 0) is 4.79 Å². The molecule has 1 aliphatic carbocycles. The number of hydrogen-bond donors (Lipinski definition) is 2. The van der Waals surface area contributed by atoms with Crippen molar-refractivity contribution in [1.29, 1.82) is 0 Å². The zero-order valence-corrected chi connectivity index (χ0v) is 11.3. The van der Waals surface area contributed by atoms with Gasteiger partial charge >= 0.3 is 0 Å². The molecule has 0 bridgehead atoms. The first kappa shape index (κ1) is 12.5. The van der Waals surface area contributed by atoms with Gasteiger partial charge in [0.25, 0.3) is 0 Å². The number of rotatable bonds is 2. The van der Waals surface area contributed by atoms with E-state index in [0.29, 0.717) is 5.82 Å². The Morgan fingerprint density at radius 3 is 2.94 bits per heavy atom. The van der Waals surface area contributed by atoms with Gasteiger partial charge in [0.15, 0.2) is 0 Å². The number of hydrogen-bond acceptors (Lipinski definition) is 3. The van der Waals surface area contributed by atoms with Crippen molar-refractivity contribution in [1.82, 2.24) is 4.98 Å². The molecule has 2 unspecified atom stereocenters. The third-order valence-corrected chi connectivity index (χ3v) is 3.97. The minimum Gasteiger partial charge on any atom is -0.328 e. The van der Waals surface area contributed by atoms with Gasteiger partial charge < -0.3 is 11.1 Å². The molecule has 1 heterocycles. The van der Waals surface area contributed by atoms with Gasteiger partial charge in [-0.15, -0.1) is 0 Å². The quantitative estimate of drug-likeness (QED) is 0.879. The summed E-state index contributed by atoms with van der Waals surface area (Å²) in [5.41, 5.74) is 6.85. The number of aryl methyl sites for hydroxylation is 1. The molecule has 1 fully saturated rings. The van der Waals surface area contributed by atoms with Gasteiger partial charge in [-0.3, -0.25) is 4.79 Å². The standard InChI is InChI=1S/C12H16BrN3O/c1-7-4-11(15-6-10(7)13)16-12(17)8-2-3-9(14)5-8/h4,6,8-9H,2-3,5,14H2,1H3,(H,15,16,17). The largest absolute Gasteiger partial charge is 0.328 e. The van der Waals surface area contributed by atoms with Crippen LogP contribution in [0.3, 0.4) is 0 Å². The topological polar surface area (TPSA) is 68.0 Å². The van der Waals surface area contributed by atoms with Crippen LogP contribution < -0.4 is 11.1 Å². The molecule has 2 atom stereocenters. The molecule has 0 aromatic carbocycles. The minimum atomic E-state index is 0.0344. The highest BCUT2D eigenvalue weighted by molar-refractivity contribution is 9.10. The van der Waals surface area contributed by atoms with E-state index in [-0.39, 0.29) is 17.9 Å². The Balaban J connectivity index is 2.00. The number of carbonyl (C=O) groups excluding carboxylic acids is 1. The molecule has 0 saturated heterocycles. The third-order valence-electron chi connectivity index (χ3n) is 3.14. The van der Waals surface area contributed by atoms with Crippen molar-refractivity contribution in [2.75, 3.05) is 5.32 Å². The Morgan fingerprint density at radius 1 is 1.59 bits per heavy atom. The second kappa shape index (κ2) is 5.14. The maximum atomic E-state index is 11.9. The highest BCUT2D eigenvalue weighted by Crippen LogP contribution is 2.25. The van der Waals surface area contributed by atoms with Gasteiger partial charge in [-0.1, -0.05) is 0 Å². The summed E-state index contributed by atoms with van der Waals surface area (Å²) in [6.45, 7) is 1.97. The first-order valence-corrected chi connectivity index (χ1v) is 6.54. The van der Waals surface area contributed by atoms with Crippen molar-refractivity contribution in [2.24, 2.45) is 11.7 Å². The van der Waals surface area contributed by atoms with E-state index < -0.39 is 0 Å². The highest BCUT2D eigenvalue weighted by Gasteiger charge is 2.27. The van der Waals surface area contributed by atoms with Crippen molar-refractivity contribution in [3.63, 3.8) is 0 Å². The summed E-state index contributed by atoms with van der Waals surface area (Å²) < 4.78 is 0.943. The van der Waals surface area contributed by atoms with Gasteiger partial charge in [-0.25, -0.2) is 4.98 Å². The summed E-state index contributed by atoms with van der Waals surface area (Å²) in [7, 11) is 0. The molecule has 2 rings (SSSR count). The van der Waals surface area contributed by atoms with Gasteiger partial charge in [0.2, 0.25) is 5.91 Å². The molecule has 5 heteroatoms. The van der Waals surface area contributed by atoms with E-state index in [1.54, 1.807) is 6.20 Å². The molecule has 3 N–H and O–H groups in total. The van der Waals surface area contributed by atoms with Gasteiger partial charge in [0.05, 0.1) is 0 Å². The van der Waals surface area contributed by atoms with E-state index in [1.807, 2.05) is 13.0 Å². The monoisotopic (exact) mass is 297 g/mol. The lowest BCUT2D eigenvalue weighted by molar-refractivity contribution is -0.119. The third kappa shape index (κ3) is 3.04. The second-order valence-electron chi connectivity index (χ2n) is 4.58. The lowest BCUT2D eigenvalue weighted by Gasteiger charge is -2.10. The molecule has 92 valence electrons. The van der Waals surface area contributed by atoms with E-state index in [1.165, 1.54) is 0 Å². The van der Waals surface area contributed by atoms with Gasteiger partial charge in [-0.2, -0.15) is 0 Å². The molecule has 1 aromatic rings. The van der Waals surface area contributed by atoms with Crippen molar-refractivity contribution in [2.45, 2.75) is 32.2 Å². The molecule has 0 radical (unpaired) electrons. The SMILES string of the molecule is Cc1cc(NC(=O)C2CCC(N)C2)ncc1Br. The summed E-state index contributed by atoms with van der Waals surface area (Å²) in [5.74, 6) is 0.680. The lowest BCUT2D eigenvalue weighted by atomic mass is 10.1. The van der Waals surface area contributed by atoms with Crippen LogP contribution in [0.1, 0.15) is 24.8 Å². The molecule has 0 aliphatic heterocycles. The average molecular weight is 298 g/mol. The number of nitrogens with zero attached hydrogens (tertiary/aromatic N) is 1. The predicted molar refractivity (Wildman–Crippen MR) is 70.6 cm³/mol. The number of aromatic nitrogens is 1. The van der Waals surface area contributed by atoms with E-state index in [0.717, 1.165) is 29.3 Å². The van der Waals surface area contributed by atoms with E-state index in [4.69, 9.17) is 5.73 Å². The number of nitrogens with one attached hydrogen (secondary N) is 1. The molecular weight excluding hydrogens is 282 g/mol. The Morgan fingerprint density at radius 2 is 2.35 bits per heavy atom. The molecule has 0 spiro atoms. The van der Waals surface area contributed by atoms with Crippen LogP contribution in [0.4, 0.5) is 5.82 Å². The molecule has 17 heavy (non-hydrogen) atoms. The average Bonchev–Trinajstić information content (AvgIpc) is 2.70. The zero-order chi connectivity index (χ0) is 12.4. The summed E-state index contributed by atoms with van der Waals surface area (Å²) in [4.78, 5) is 16.1.